The molecule has 1 aromatic rings. The molecular weight excluding hydrogens is 602 g/mol. The van der Waals surface area contributed by atoms with E-state index >= 15 is 0 Å². The fraction of sp³-hybridized carbons (Fsp3) is 0.759. The molecule has 0 saturated heterocycles. The van der Waals surface area contributed by atoms with Crippen LogP contribution in [0.3, 0.4) is 0 Å². The quantitative estimate of drug-likeness (QED) is 0.0634. The SMILES string of the molecule is O=C(O)CCOCCOCCOCCOCCOCCOCCOCCOCCOCCOCCOc1ccc([N+](=O)[O-])cc1. The number of carboxylic acid groups (broad SMARTS) is 1. The van der Waals surface area contributed by atoms with Crippen molar-refractivity contribution < 1.29 is 66.9 Å². The maximum Gasteiger partial charge on any atom is 0.305 e. The Hall–Kier alpha value is -2.51. The number of hydrogen-bond acceptors (Lipinski definition) is 14. The fourth-order valence-corrected chi connectivity index (χ4v) is 3.12. The Labute approximate surface area is 264 Å². The van der Waals surface area contributed by atoms with Gasteiger partial charge < -0.3 is 57.2 Å². The third-order valence-electron chi connectivity index (χ3n) is 5.35. The molecular formula is C29H49NO15. The summed E-state index contributed by atoms with van der Waals surface area (Å²) >= 11 is 0. The second-order valence-corrected chi connectivity index (χ2v) is 8.87. The zero-order valence-electron chi connectivity index (χ0n) is 26.0. The van der Waals surface area contributed by atoms with Gasteiger partial charge in [-0.1, -0.05) is 0 Å². The van der Waals surface area contributed by atoms with Crippen molar-refractivity contribution in [1.29, 1.82) is 0 Å². The van der Waals surface area contributed by atoms with Crippen molar-refractivity contribution in [3.8, 4) is 5.75 Å². The summed E-state index contributed by atoms with van der Waals surface area (Å²) in [5.41, 5.74) is 0.0209. The predicted molar refractivity (Wildman–Crippen MR) is 159 cm³/mol. The van der Waals surface area contributed by atoms with E-state index in [9.17, 15) is 14.9 Å². The summed E-state index contributed by atoms with van der Waals surface area (Å²) in [6.45, 7) is 9.04. The van der Waals surface area contributed by atoms with Crippen molar-refractivity contribution in [2.24, 2.45) is 0 Å². The van der Waals surface area contributed by atoms with Crippen LogP contribution in [0, 0.1) is 10.1 Å². The van der Waals surface area contributed by atoms with E-state index in [0.717, 1.165) is 0 Å². The predicted octanol–water partition coefficient (Wildman–Crippen LogP) is 1.61. The van der Waals surface area contributed by atoms with Crippen LogP contribution >= 0.6 is 0 Å². The molecule has 0 aliphatic heterocycles. The number of benzene rings is 1. The minimum absolute atomic E-state index is 0.00844. The molecule has 0 bridgehead atoms. The van der Waals surface area contributed by atoms with Crippen LogP contribution in [-0.2, 0) is 52.2 Å². The highest BCUT2D eigenvalue weighted by atomic mass is 16.6. The van der Waals surface area contributed by atoms with Crippen LogP contribution < -0.4 is 4.74 Å². The number of non-ortho nitro benzene ring substituents is 1. The molecule has 0 fully saturated rings. The Morgan fingerprint density at radius 3 is 1.02 bits per heavy atom. The first-order valence-electron chi connectivity index (χ1n) is 15.0. The van der Waals surface area contributed by atoms with Crippen LogP contribution in [0.5, 0.6) is 5.75 Å². The van der Waals surface area contributed by atoms with E-state index in [-0.39, 0.29) is 18.7 Å². The van der Waals surface area contributed by atoms with Crippen LogP contribution in [0.15, 0.2) is 24.3 Å². The summed E-state index contributed by atoms with van der Waals surface area (Å²) in [5.74, 6) is -0.329. The van der Waals surface area contributed by atoms with Gasteiger partial charge in [0.1, 0.15) is 12.4 Å². The molecule has 0 spiro atoms. The summed E-state index contributed by atoms with van der Waals surface area (Å²) in [6.07, 6.45) is -0.00844. The maximum atomic E-state index is 10.6. The summed E-state index contributed by atoms with van der Waals surface area (Å²) in [7, 11) is 0. The van der Waals surface area contributed by atoms with Crippen LogP contribution in [0.25, 0.3) is 0 Å². The first-order chi connectivity index (χ1) is 22.1. The molecule has 1 N–H and O–H groups in total. The van der Waals surface area contributed by atoms with Gasteiger partial charge in [-0.3, -0.25) is 14.9 Å². The largest absolute Gasteiger partial charge is 0.491 e. The first kappa shape index (κ1) is 40.5. The Kier molecular flexibility index (Phi) is 28.3. The van der Waals surface area contributed by atoms with Gasteiger partial charge >= 0.3 is 5.97 Å². The van der Waals surface area contributed by atoms with Crippen molar-refractivity contribution in [1.82, 2.24) is 0 Å². The second-order valence-electron chi connectivity index (χ2n) is 8.87. The molecule has 0 aliphatic rings. The number of carboxylic acids is 1. The Bertz CT molecular complexity index is 815. The minimum atomic E-state index is -0.880. The molecule has 0 unspecified atom stereocenters. The number of nitro benzene ring substituents is 1. The number of rotatable bonds is 35. The first-order valence-corrected chi connectivity index (χ1v) is 15.0. The molecule has 0 radical (unpaired) electrons. The van der Waals surface area contributed by atoms with Crippen molar-refractivity contribution in [2.45, 2.75) is 6.42 Å². The van der Waals surface area contributed by atoms with Gasteiger partial charge in [-0.05, 0) is 12.1 Å². The van der Waals surface area contributed by atoms with Crippen molar-refractivity contribution in [2.75, 3.05) is 139 Å². The molecule has 0 saturated carbocycles. The van der Waals surface area contributed by atoms with E-state index in [1.807, 2.05) is 0 Å². The molecule has 0 aromatic heterocycles. The van der Waals surface area contributed by atoms with Crippen LogP contribution in [0.1, 0.15) is 6.42 Å². The van der Waals surface area contributed by atoms with Gasteiger partial charge in [0.2, 0.25) is 0 Å². The lowest BCUT2D eigenvalue weighted by atomic mass is 10.3. The molecule has 0 aliphatic carbocycles. The molecule has 16 heteroatoms. The molecule has 1 rings (SSSR count). The summed E-state index contributed by atoms with van der Waals surface area (Å²) in [5, 5.41) is 19.1. The smallest absolute Gasteiger partial charge is 0.305 e. The maximum absolute atomic E-state index is 10.6. The highest BCUT2D eigenvalue weighted by Gasteiger charge is 2.04. The van der Waals surface area contributed by atoms with Crippen molar-refractivity contribution >= 4 is 11.7 Å². The van der Waals surface area contributed by atoms with Gasteiger partial charge in [-0.2, -0.15) is 0 Å². The average molecular weight is 652 g/mol. The summed E-state index contributed by atoms with van der Waals surface area (Å²) < 4.78 is 59.3. The lowest BCUT2D eigenvalue weighted by Crippen LogP contribution is -2.15. The van der Waals surface area contributed by atoms with E-state index in [1.54, 1.807) is 12.1 Å². The number of ether oxygens (including phenoxy) is 11. The number of aliphatic carboxylic acids is 1. The van der Waals surface area contributed by atoms with E-state index in [1.165, 1.54) is 12.1 Å². The van der Waals surface area contributed by atoms with Crippen LogP contribution in [0.4, 0.5) is 5.69 Å². The summed E-state index contributed by atoms with van der Waals surface area (Å²) in [4.78, 5) is 20.5. The van der Waals surface area contributed by atoms with Gasteiger partial charge in [0.25, 0.3) is 5.69 Å². The van der Waals surface area contributed by atoms with E-state index < -0.39 is 10.9 Å². The molecule has 0 atom stereocenters. The summed E-state index contributed by atoms with van der Waals surface area (Å²) in [6, 6.07) is 5.89. The van der Waals surface area contributed by atoms with Crippen molar-refractivity contribution in [3.05, 3.63) is 34.4 Å². The number of nitro groups is 1. The normalized spacial score (nSPS) is 11.2. The molecule has 1 aromatic carbocycles. The third kappa shape index (κ3) is 28.7. The average Bonchev–Trinajstić information content (AvgIpc) is 3.03. The van der Waals surface area contributed by atoms with Crippen LogP contribution in [-0.4, -0.2) is 155 Å². The van der Waals surface area contributed by atoms with Gasteiger partial charge in [-0.25, -0.2) is 0 Å². The molecule has 45 heavy (non-hydrogen) atoms. The van der Waals surface area contributed by atoms with Crippen LogP contribution in [0.2, 0.25) is 0 Å². The van der Waals surface area contributed by atoms with Gasteiger partial charge in [-0.15, -0.1) is 0 Å². The minimum Gasteiger partial charge on any atom is -0.491 e. The van der Waals surface area contributed by atoms with Gasteiger partial charge in [0.15, 0.2) is 0 Å². The van der Waals surface area contributed by atoms with Gasteiger partial charge in [0.05, 0.1) is 143 Å². The highest BCUT2D eigenvalue weighted by molar-refractivity contribution is 5.66. The van der Waals surface area contributed by atoms with E-state index in [2.05, 4.69) is 0 Å². The molecule has 16 nitrogen and oxygen atoms in total. The van der Waals surface area contributed by atoms with E-state index in [0.29, 0.717) is 138 Å². The monoisotopic (exact) mass is 651 g/mol. The zero-order chi connectivity index (χ0) is 32.5. The lowest BCUT2D eigenvalue weighted by Gasteiger charge is -2.09. The second kappa shape index (κ2) is 31.5. The fourth-order valence-electron chi connectivity index (χ4n) is 3.12. The molecule has 0 heterocycles. The molecule has 0 amide bonds. The topological polar surface area (TPSA) is 182 Å². The number of nitrogens with zero attached hydrogens (tertiary/aromatic N) is 1. The molecule has 260 valence electrons. The Morgan fingerprint density at radius 2 is 0.756 bits per heavy atom. The zero-order valence-corrected chi connectivity index (χ0v) is 26.0. The van der Waals surface area contributed by atoms with E-state index in [4.69, 9.17) is 57.2 Å². The lowest BCUT2D eigenvalue weighted by molar-refractivity contribution is -0.384. The number of carbonyl (C=O) groups is 1. The van der Waals surface area contributed by atoms with Gasteiger partial charge in [0, 0.05) is 12.1 Å². The Morgan fingerprint density at radius 1 is 0.489 bits per heavy atom. The third-order valence-corrected chi connectivity index (χ3v) is 5.35. The number of hydrogen-bond donors (Lipinski definition) is 1. The van der Waals surface area contributed by atoms with Crippen molar-refractivity contribution in [3.63, 3.8) is 0 Å². The Balaban J connectivity index is 1.66. The highest BCUT2D eigenvalue weighted by Crippen LogP contribution is 2.17. The standard InChI is InChI=1S/C29H49NO15/c31-29(32)5-6-35-7-8-36-9-10-37-11-12-38-13-14-39-15-16-40-17-18-41-19-20-42-21-22-43-23-24-44-25-26-45-28-3-1-27(2-4-28)30(33)34/h1-4H,5-26H2,(H,31,32).